The summed E-state index contributed by atoms with van der Waals surface area (Å²) in [4.78, 5) is 0. The van der Waals surface area contributed by atoms with Gasteiger partial charge in [0.15, 0.2) is 0 Å². The van der Waals surface area contributed by atoms with Crippen LogP contribution in [-0.4, -0.2) is 13.4 Å². The lowest BCUT2D eigenvalue weighted by Crippen LogP contribution is -1.93. The first-order chi connectivity index (χ1) is 27.3. The molecule has 3 heteroatoms. The Labute approximate surface area is 313 Å². The first kappa shape index (κ1) is 28.2. The summed E-state index contributed by atoms with van der Waals surface area (Å²) in [6.07, 6.45) is 0. The quantitative estimate of drug-likeness (QED) is 0.171. The molecular weight excluding hydrogens is 667 g/mol. The fourth-order valence-corrected chi connectivity index (χ4v) is 10.4. The van der Waals surface area contributed by atoms with E-state index in [9.17, 15) is 0 Å². The smallest absolute Gasteiger partial charge is 0.0620 e. The Hall–Kier alpha value is -7.36. The van der Waals surface area contributed by atoms with Crippen molar-refractivity contribution in [3.8, 4) is 16.8 Å². The van der Waals surface area contributed by atoms with Gasteiger partial charge in [0.2, 0.25) is 0 Å². The van der Waals surface area contributed by atoms with E-state index in [4.69, 9.17) is 0 Å². The van der Waals surface area contributed by atoms with Gasteiger partial charge in [0.05, 0.1) is 44.1 Å². The second-order valence-electron chi connectivity index (χ2n) is 15.3. The van der Waals surface area contributed by atoms with Gasteiger partial charge in [0.25, 0.3) is 0 Å². The van der Waals surface area contributed by atoms with Crippen molar-refractivity contribution < 1.29 is 0 Å². The van der Waals surface area contributed by atoms with Crippen molar-refractivity contribution in [1.29, 1.82) is 0 Å². The van der Waals surface area contributed by atoms with Gasteiger partial charge in [-0.3, -0.25) is 0 Å². The van der Waals surface area contributed by atoms with Crippen LogP contribution in [-0.2, 0) is 0 Å². The van der Waals surface area contributed by atoms with Crippen LogP contribution in [0.25, 0.3) is 126 Å². The molecule has 0 unspecified atom stereocenters. The maximum absolute atomic E-state index is 2.56. The molecule has 0 aliphatic rings. The normalized spacial score (nSPS) is 12.7. The molecule has 0 saturated carbocycles. The number of hydrogen-bond acceptors (Lipinski definition) is 0. The van der Waals surface area contributed by atoms with Crippen molar-refractivity contribution >= 4 is 109 Å². The van der Waals surface area contributed by atoms with Gasteiger partial charge in [0, 0.05) is 65.1 Å². The van der Waals surface area contributed by atoms with Gasteiger partial charge >= 0.3 is 0 Å². The summed E-state index contributed by atoms with van der Waals surface area (Å²) in [7, 11) is 0. The van der Waals surface area contributed by atoms with E-state index in [-0.39, 0.29) is 0 Å². The van der Waals surface area contributed by atoms with Gasteiger partial charge in [-0.05, 0) is 77.0 Å². The predicted octanol–water partition coefficient (Wildman–Crippen LogP) is 13.9. The summed E-state index contributed by atoms with van der Waals surface area (Å²) in [5.41, 5.74) is 13.8. The van der Waals surface area contributed by atoms with Crippen LogP contribution in [0.15, 0.2) is 176 Å². The van der Waals surface area contributed by atoms with Gasteiger partial charge in [-0.25, -0.2) is 0 Å². The van der Waals surface area contributed by atoms with Crippen LogP contribution >= 0.6 is 0 Å². The number of nitrogens with zero attached hydrogens (tertiary/aromatic N) is 3. The highest BCUT2D eigenvalue weighted by atomic mass is 15.0. The van der Waals surface area contributed by atoms with Gasteiger partial charge in [-0.2, -0.15) is 0 Å². The van der Waals surface area contributed by atoms with Gasteiger partial charge in [-0.15, -0.1) is 0 Å². The predicted molar refractivity (Wildman–Crippen MR) is 233 cm³/mol. The van der Waals surface area contributed by atoms with Crippen molar-refractivity contribution in [3.63, 3.8) is 0 Å². The Morgan fingerprint density at radius 2 is 0.764 bits per heavy atom. The van der Waals surface area contributed by atoms with Crippen LogP contribution in [0.3, 0.4) is 0 Å². The van der Waals surface area contributed by atoms with Crippen LogP contribution in [0.4, 0.5) is 0 Å². The molecule has 252 valence electrons. The molecule has 0 atom stereocenters. The standard InChI is InChI=1S/C52H29N3/c1-2-11-33(12-3-1)53-45-21-6-5-14-36(45)42-25-30(23-24-47(42)53)34-15-8-17-38-39-18-10-20-41-44-27-31-26-43-40-19-9-16-37-35-13-4-7-22-46(35)54(51(37)40)48(43)28-32(31)29-49(44)55(50(34)38)52(39)41/h1-29H. The van der Waals surface area contributed by atoms with Crippen molar-refractivity contribution in [2.75, 3.05) is 0 Å². The fraction of sp³-hybridized carbons (Fsp3) is 0. The number of benzene rings is 9. The second kappa shape index (κ2) is 9.79. The lowest BCUT2D eigenvalue weighted by molar-refractivity contribution is 1.18. The monoisotopic (exact) mass is 695 g/mol. The molecule has 3 nitrogen and oxygen atoms in total. The summed E-state index contributed by atoms with van der Waals surface area (Å²) in [6.45, 7) is 0. The summed E-state index contributed by atoms with van der Waals surface area (Å²) in [5.74, 6) is 0. The van der Waals surface area contributed by atoms with Crippen molar-refractivity contribution in [2.24, 2.45) is 0 Å². The minimum atomic E-state index is 1.18. The maximum Gasteiger partial charge on any atom is 0.0620 e. The topological polar surface area (TPSA) is 13.8 Å². The summed E-state index contributed by atoms with van der Waals surface area (Å²) < 4.78 is 7.44. The molecule has 0 fully saturated rings. The Bertz CT molecular complexity index is 3930. The third-order valence-corrected chi connectivity index (χ3v) is 12.6. The zero-order valence-corrected chi connectivity index (χ0v) is 29.6. The highest BCUT2D eigenvalue weighted by Gasteiger charge is 2.23. The molecule has 5 heterocycles. The average molecular weight is 696 g/mol. The lowest BCUT2D eigenvalue weighted by Gasteiger charge is -2.09. The zero-order valence-electron chi connectivity index (χ0n) is 29.6. The van der Waals surface area contributed by atoms with Crippen LogP contribution in [0.5, 0.6) is 0 Å². The van der Waals surface area contributed by atoms with Crippen LogP contribution in [0.2, 0.25) is 0 Å². The molecule has 55 heavy (non-hydrogen) atoms. The number of hydrogen-bond donors (Lipinski definition) is 0. The largest absolute Gasteiger partial charge is 0.309 e. The highest BCUT2D eigenvalue weighted by molar-refractivity contribution is 6.28. The van der Waals surface area contributed by atoms with E-state index in [1.165, 1.54) is 126 Å². The molecule has 0 saturated heterocycles. The lowest BCUT2D eigenvalue weighted by atomic mass is 9.99. The Morgan fingerprint density at radius 1 is 0.273 bits per heavy atom. The number of fused-ring (bicyclic) bond motifs is 16. The van der Waals surface area contributed by atoms with Crippen LogP contribution in [0, 0.1) is 0 Å². The van der Waals surface area contributed by atoms with Crippen molar-refractivity contribution in [3.05, 3.63) is 176 Å². The average Bonchev–Trinajstić information content (AvgIpc) is 4.03. The molecule has 0 radical (unpaired) electrons. The van der Waals surface area contributed by atoms with Crippen molar-refractivity contribution in [2.45, 2.75) is 0 Å². The molecule has 5 aromatic heterocycles. The van der Waals surface area contributed by atoms with E-state index in [2.05, 4.69) is 189 Å². The Balaban J connectivity index is 1.08. The van der Waals surface area contributed by atoms with E-state index in [0.717, 1.165) is 0 Å². The number of rotatable bonds is 2. The van der Waals surface area contributed by atoms with E-state index in [1.54, 1.807) is 0 Å². The minimum Gasteiger partial charge on any atom is -0.309 e. The Kier molecular flexibility index (Phi) is 5.01. The molecule has 0 amide bonds. The SMILES string of the molecule is c1ccc(-n2c3ccccc3c3cc(-c4cccc5c6cccc7c8cc9cc%10c%11cccc%12c%13ccccc%13n(c%10cc9cc8n(c45)c76)c%12%11)ccc32)cc1. The highest BCUT2D eigenvalue weighted by Crippen LogP contribution is 2.46. The molecule has 0 N–H and O–H groups in total. The molecule has 14 rings (SSSR count). The molecule has 14 aromatic rings. The van der Waals surface area contributed by atoms with E-state index in [0.29, 0.717) is 0 Å². The first-order valence-electron chi connectivity index (χ1n) is 19.1. The number of para-hydroxylation sites is 6. The summed E-state index contributed by atoms with van der Waals surface area (Å²) in [5, 5.41) is 15.5. The van der Waals surface area contributed by atoms with E-state index in [1.807, 2.05) is 0 Å². The van der Waals surface area contributed by atoms with Crippen LogP contribution < -0.4 is 0 Å². The van der Waals surface area contributed by atoms with Crippen molar-refractivity contribution in [1.82, 2.24) is 13.4 Å². The minimum absolute atomic E-state index is 1.18. The van der Waals surface area contributed by atoms with E-state index >= 15 is 0 Å². The number of aromatic nitrogens is 3. The molecule has 0 spiro atoms. The molecule has 0 aliphatic carbocycles. The zero-order chi connectivity index (χ0) is 35.5. The molecule has 0 aliphatic heterocycles. The third-order valence-electron chi connectivity index (χ3n) is 12.6. The van der Waals surface area contributed by atoms with Gasteiger partial charge < -0.3 is 13.4 Å². The third kappa shape index (κ3) is 3.39. The maximum atomic E-state index is 2.56. The van der Waals surface area contributed by atoms with Crippen LogP contribution in [0.1, 0.15) is 0 Å². The first-order valence-corrected chi connectivity index (χ1v) is 19.1. The molecule has 9 aromatic carbocycles. The Morgan fingerprint density at radius 3 is 1.51 bits per heavy atom. The van der Waals surface area contributed by atoms with Gasteiger partial charge in [-0.1, -0.05) is 115 Å². The van der Waals surface area contributed by atoms with E-state index < -0.39 is 0 Å². The summed E-state index contributed by atoms with van der Waals surface area (Å²) >= 11 is 0. The molecule has 0 bridgehead atoms. The second-order valence-corrected chi connectivity index (χ2v) is 15.3. The molecular formula is C52H29N3. The summed E-state index contributed by atoms with van der Waals surface area (Å²) in [6, 6.07) is 65.6. The van der Waals surface area contributed by atoms with Gasteiger partial charge in [0.1, 0.15) is 0 Å². The fourth-order valence-electron chi connectivity index (χ4n) is 10.4.